The van der Waals surface area contributed by atoms with Crippen molar-refractivity contribution in [2.75, 3.05) is 41.5 Å². The molecule has 2 aliphatic heterocycles. The number of benzene rings is 2. The van der Waals surface area contributed by atoms with Gasteiger partial charge in [0.25, 0.3) is 6.67 Å². The average molecular weight is 376 g/mol. The minimum atomic E-state index is 0.692. The molecule has 0 radical (unpaired) electrons. The SMILES string of the molecule is CN1C[N+](C)=NC(c2ccc(-c3ccc(C4=NN(C)CN(C)[N-]4)cc3)cc2)=N1. The van der Waals surface area contributed by atoms with Crippen molar-refractivity contribution in [3.05, 3.63) is 65.1 Å². The van der Waals surface area contributed by atoms with Crippen LogP contribution in [0.25, 0.3) is 16.6 Å². The van der Waals surface area contributed by atoms with Crippen LogP contribution in [0.2, 0.25) is 0 Å². The Labute approximate surface area is 165 Å². The molecule has 0 bridgehead atoms. The summed E-state index contributed by atoms with van der Waals surface area (Å²) in [7, 11) is 7.78. The molecule has 0 N–H and O–H groups in total. The maximum atomic E-state index is 4.49. The number of hydrazone groups is 2. The van der Waals surface area contributed by atoms with Crippen molar-refractivity contribution < 1.29 is 4.70 Å². The lowest BCUT2D eigenvalue weighted by atomic mass is 10.0. The molecule has 0 unspecified atom stereocenters. The van der Waals surface area contributed by atoms with Crippen LogP contribution in [-0.2, 0) is 0 Å². The van der Waals surface area contributed by atoms with Crippen molar-refractivity contribution in [3.8, 4) is 11.1 Å². The fraction of sp³-hybridized carbons (Fsp3) is 0.300. The number of amidine groups is 2. The minimum absolute atomic E-state index is 0.692. The Balaban J connectivity index is 1.54. The molecule has 0 saturated heterocycles. The minimum Gasteiger partial charge on any atom is -0.396 e. The predicted molar refractivity (Wildman–Crippen MR) is 110 cm³/mol. The summed E-state index contributed by atoms with van der Waals surface area (Å²) in [5.41, 5.74) is 8.78. The van der Waals surface area contributed by atoms with Crippen LogP contribution in [0, 0.1) is 0 Å². The second-order valence-electron chi connectivity index (χ2n) is 7.12. The van der Waals surface area contributed by atoms with Crippen molar-refractivity contribution in [2.45, 2.75) is 0 Å². The molecule has 0 fully saturated rings. The molecule has 0 amide bonds. The van der Waals surface area contributed by atoms with Gasteiger partial charge in [0.1, 0.15) is 0 Å². The lowest BCUT2D eigenvalue weighted by Crippen LogP contribution is -2.34. The lowest BCUT2D eigenvalue weighted by molar-refractivity contribution is -0.582. The van der Waals surface area contributed by atoms with Gasteiger partial charge in [-0.25, -0.2) is 5.01 Å². The number of azo groups is 2. The van der Waals surface area contributed by atoms with Crippen molar-refractivity contribution in [3.63, 3.8) is 0 Å². The van der Waals surface area contributed by atoms with Crippen molar-refractivity contribution in [1.82, 2.24) is 15.0 Å². The predicted octanol–water partition coefficient (Wildman–Crippen LogP) is 2.80. The summed E-state index contributed by atoms with van der Waals surface area (Å²) in [6.07, 6.45) is 0. The Morgan fingerprint density at radius 3 is 1.93 bits per heavy atom. The van der Waals surface area contributed by atoms with Gasteiger partial charge in [-0.1, -0.05) is 48.5 Å². The molecule has 0 atom stereocenters. The summed E-state index contributed by atoms with van der Waals surface area (Å²) >= 11 is 0. The van der Waals surface area contributed by atoms with Crippen LogP contribution >= 0.6 is 0 Å². The van der Waals surface area contributed by atoms with Gasteiger partial charge in [0, 0.05) is 24.8 Å². The third-order valence-electron chi connectivity index (χ3n) is 4.50. The molecule has 4 rings (SSSR count). The third-order valence-corrected chi connectivity index (χ3v) is 4.50. The summed E-state index contributed by atoms with van der Waals surface area (Å²) < 4.78 is 1.88. The van der Waals surface area contributed by atoms with Crippen molar-refractivity contribution >= 4 is 11.7 Å². The molecule has 2 heterocycles. The molecule has 2 aromatic carbocycles. The second-order valence-corrected chi connectivity index (χ2v) is 7.12. The first-order chi connectivity index (χ1) is 13.5. The zero-order valence-electron chi connectivity index (χ0n) is 16.6. The van der Waals surface area contributed by atoms with Crippen LogP contribution in [0.5, 0.6) is 0 Å². The first-order valence-electron chi connectivity index (χ1n) is 9.14. The molecule has 0 aliphatic carbocycles. The van der Waals surface area contributed by atoms with Gasteiger partial charge in [-0.15, -0.1) is 9.80 Å². The monoisotopic (exact) mass is 376 g/mol. The Morgan fingerprint density at radius 2 is 1.36 bits per heavy atom. The topological polar surface area (TPSA) is 63.9 Å². The van der Waals surface area contributed by atoms with Gasteiger partial charge >= 0.3 is 0 Å². The van der Waals surface area contributed by atoms with Crippen molar-refractivity contribution in [1.29, 1.82) is 0 Å². The van der Waals surface area contributed by atoms with E-state index in [4.69, 9.17) is 0 Å². The summed E-state index contributed by atoms with van der Waals surface area (Å²) in [6.45, 7) is 1.38. The van der Waals surface area contributed by atoms with E-state index in [-0.39, 0.29) is 0 Å². The van der Waals surface area contributed by atoms with E-state index in [1.807, 2.05) is 47.9 Å². The standard InChI is InChI=1S/C20H24N8/c1-25-13-26(2)22-19(21-25)17-9-5-15(6-10-17)16-7-11-18(12-8-16)20-23-27(3)14-28(4)24-20/h5-12H,13-14H2,1-4H3. The second kappa shape index (κ2) is 7.40. The zero-order chi connectivity index (χ0) is 19.7. The maximum absolute atomic E-state index is 4.49. The Kier molecular flexibility index (Phi) is 4.79. The summed E-state index contributed by atoms with van der Waals surface area (Å²) in [6, 6.07) is 16.6. The highest BCUT2D eigenvalue weighted by Gasteiger charge is 2.16. The van der Waals surface area contributed by atoms with E-state index < -0.39 is 0 Å². The molecular weight excluding hydrogens is 352 g/mol. The number of nitrogens with zero attached hydrogens (tertiary/aromatic N) is 8. The van der Waals surface area contributed by atoms with Gasteiger partial charge in [0.2, 0.25) is 5.84 Å². The Morgan fingerprint density at radius 1 is 0.786 bits per heavy atom. The molecule has 2 aromatic rings. The van der Waals surface area contributed by atoms with E-state index in [1.165, 1.54) is 0 Å². The van der Waals surface area contributed by atoms with Gasteiger partial charge in [-0.3, -0.25) is 5.01 Å². The Bertz CT molecular complexity index is 943. The van der Waals surface area contributed by atoms with Gasteiger partial charge in [0.15, 0.2) is 7.05 Å². The van der Waals surface area contributed by atoms with E-state index in [0.717, 1.165) is 33.9 Å². The van der Waals surface area contributed by atoms with E-state index in [1.54, 1.807) is 0 Å². The van der Waals surface area contributed by atoms with Gasteiger partial charge in [0.05, 0.1) is 6.67 Å². The normalized spacial score (nSPS) is 17.6. The molecule has 0 aromatic heterocycles. The molecule has 28 heavy (non-hydrogen) atoms. The van der Waals surface area contributed by atoms with Crippen LogP contribution < -0.4 is 0 Å². The van der Waals surface area contributed by atoms with Crippen LogP contribution in [-0.4, -0.2) is 72.9 Å². The highest BCUT2D eigenvalue weighted by atomic mass is 15.7. The zero-order valence-corrected chi connectivity index (χ0v) is 16.6. The number of rotatable bonds is 3. The summed E-state index contributed by atoms with van der Waals surface area (Å²) in [5, 5.41) is 19.1. The summed E-state index contributed by atoms with van der Waals surface area (Å²) in [5.74, 6) is 1.45. The van der Waals surface area contributed by atoms with E-state index in [0.29, 0.717) is 13.3 Å². The maximum Gasteiger partial charge on any atom is 0.258 e. The molecular formula is C20H24N8. The van der Waals surface area contributed by atoms with Gasteiger partial charge in [-0.2, -0.15) is 0 Å². The van der Waals surface area contributed by atoms with Crippen LogP contribution in [0.1, 0.15) is 11.1 Å². The first kappa shape index (κ1) is 18.1. The molecule has 0 saturated carbocycles. The third kappa shape index (κ3) is 3.86. The van der Waals surface area contributed by atoms with E-state index >= 15 is 0 Å². The first-order valence-corrected chi connectivity index (χ1v) is 9.14. The van der Waals surface area contributed by atoms with E-state index in [2.05, 4.69) is 69.3 Å². The fourth-order valence-electron chi connectivity index (χ4n) is 3.26. The average Bonchev–Trinajstić information content (AvgIpc) is 2.67. The quantitative estimate of drug-likeness (QED) is 0.774. The highest BCUT2D eigenvalue weighted by molar-refractivity contribution is 6.08. The van der Waals surface area contributed by atoms with Crippen LogP contribution in [0.3, 0.4) is 0 Å². The van der Waals surface area contributed by atoms with Crippen LogP contribution in [0.15, 0.2) is 63.8 Å². The smallest absolute Gasteiger partial charge is 0.258 e. The highest BCUT2D eigenvalue weighted by Crippen LogP contribution is 2.23. The molecule has 8 heteroatoms. The number of hydrogen-bond donors (Lipinski definition) is 0. The molecule has 2 aliphatic rings. The van der Waals surface area contributed by atoms with Gasteiger partial charge in [-0.05, 0) is 29.6 Å². The van der Waals surface area contributed by atoms with E-state index in [9.17, 15) is 0 Å². The molecule has 144 valence electrons. The Hall–Kier alpha value is -3.26. The van der Waals surface area contributed by atoms with Crippen molar-refractivity contribution in [2.24, 2.45) is 15.3 Å². The molecule has 8 nitrogen and oxygen atoms in total. The lowest BCUT2D eigenvalue weighted by Gasteiger charge is -2.40. The summed E-state index contributed by atoms with van der Waals surface area (Å²) in [4.78, 5) is 0. The fourth-order valence-corrected chi connectivity index (χ4v) is 3.26. The number of hydrogen-bond acceptors (Lipinski definition) is 6. The molecule has 0 spiro atoms. The largest absolute Gasteiger partial charge is 0.396 e. The van der Waals surface area contributed by atoms with Gasteiger partial charge < -0.3 is 15.5 Å². The van der Waals surface area contributed by atoms with Crippen LogP contribution in [0.4, 0.5) is 0 Å².